The van der Waals surface area contributed by atoms with Crippen LogP contribution in [0, 0.1) is 0 Å². The summed E-state index contributed by atoms with van der Waals surface area (Å²) >= 11 is 0. The van der Waals surface area contributed by atoms with E-state index in [-0.39, 0.29) is 5.91 Å². The van der Waals surface area contributed by atoms with Crippen molar-refractivity contribution < 1.29 is 4.79 Å². The number of hydrogen-bond donors (Lipinski definition) is 2. The maximum absolute atomic E-state index is 11.7. The van der Waals surface area contributed by atoms with Crippen LogP contribution in [0.2, 0.25) is 0 Å². The van der Waals surface area contributed by atoms with Crippen LogP contribution in [0.3, 0.4) is 0 Å². The van der Waals surface area contributed by atoms with E-state index in [0.717, 1.165) is 0 Å². The minimum absolute atomic E-state index is 0.0852. The molecule has 1 aromatic heterocycles. The Balaban J connectivity index is 2.33. The van der Waals surface area contributed by atoms with Crippen molar-refractivity contribution in [1.82, 2.24) is 10.3 Å². The molecule has 1 heterocycles. The summed E-state index contributed by atoms with van der Waals surface area (Å²) < 4.78 is 0. The van der Waals surface area contributed by atoms with E-state index < -0.39 is 0 Å². The van der Waals surface area contributed by atoms with Gasteiger partial charge in [-0.2, -0.15) is 0 Å². The molecule has 1 aliphatic rings. The summed E-state index contributed by atoms with van der Waals surface area (Å²) in [5.74, 6) is 1.15. The molecule has 16 heavy (non-hydrogen) atoms. The molecule has 4 heteroatoms. The summed E-state index contributed by atoms with van der Waals surface area (Å²) in [6, 6.07) is 1.96. The largest absolute Gasteiger partial charge is 0.372 e. The Bertz CT molecular complexity index is 399. The molecule has 0 unspecified atom stereocenters. The highest BCUT2D eigenvalue weighted by atomic mass is 16.1. The van der Waals surface area contributed by atoms with Gasteiger partial charge in [0.2, 0.25) is 0 Å². The van der Waals surface area contributed by atoms with E-state index in [0.29, 0.717) is 17.3 Å². The van der Waals surface area contributed by atoms with Crippen molar-refractivity contribution in [2.45, 2.75) is 25.2 Å². The van der Waals surface area contributed by atoms with Crippen molar-refractivity contribution in [1.29, 1.82) is 0 Å². The third-order valence-corrected chi connectivity index (χ3v) is 3.19. The first-order valence-electron chi connectivity index (χ1n) is 5.66. The number of anilines is 1. The lowest BCUT2D eigenvalue weighted by Gasteiger charge is -2.26. The average molecular weight is 219 g/mol. The molecule has 0 aromatic carbocycles. The number of carbonyl (C=O) groups is 1. The van der Waals surface area contributed by atoms with Crippen LogP contribution in [-0.2, 0) is 0 Å². The Morgan fingerprint density at radius 3 is 2.69 bits per heavy atom. The summed E-state index contributed by atoms with van der Waals surface area (Å²) in [4.78, 5) is 16.0. The van der Waals surface area contributed by atoms with Gasteiger partial charge in [-0.05, 0) is 30.4 Å². The molecule has 4 nitrogen and oxygen atoms in total. The van der Waals surface area contributed by atoms with Crippen LogP contribution < -0.4 is 10.6 Å². The average Bonchev–Trinajstić information content (AvgIpc) is 2.25. The maximum atomic E-state index is 11.7. The smallest absolute Gasteiger partial charge is 0.254 e. The lowest BCUT2D eigenvalue weighted by molar-refractivity contribution is 0.0963. The van der Waals surface area contributed by atoms with Crippen molar-refractivity contribution in [3.8, 4) is 0 Å². The molecule has 0 aliphatic heterocycles. The van der Waals surface area contributed by atoms with Gasteiger partial charge >= 0.3 is 0 Å². The lowest BCUT2D eigenvalue weighted by Crippen LogP contribution is -2.21. The number of pyridine rings is 1. The Morgan fingerprint density at radius 1 is 1.44 bits per heavy atom. The molecule has 0 radical (unpaired) electrons. The van der Waals surface area contributed by atoms with Crippen molar-refractivity contribution >= 4 is 11.7 Å². The first-order chi connectivity index (χ1) is 7.76. The summed E-state index contributed by atoms with van der Waals surface area (Å²) in [5, 5.41) is 5.58. The molecule has 0 atom stereocenters. The highest BCUT2D eigenvalue weighted by molar-refractivity contribution is 5.98. The van der Waals surface area contributed by atoms with Gasteiger partial charge in [-0.1, -0.05) is 6.42 Å². The molecule has 1 aliphatic carbocycles. The quantitative estimate of drug-likeness (QED) is 0.814. The van der Waals surface area contributed by atoms with E-state index >= 15 is 0 Å². The van der Waals surface area contributed by atoms with Crippen molar-refractivity contribution in [2.24, 2.45) is 0 Å². The van der Waals surface area contributed by atoms with Gasteiger partial charge in [-0.25, -0.2) is 4.98 Å². The van der Waals surface area contributed by atoms with Gasteiger partial charge in [0.15, 0.2) is 0 Å². The summed E-state index contributed by atoms with van der Waals surface area (Å²) in [6.07, 6.45) is 5.59. The van der Waals surface area contributed by atoms with Gasteiger partial charge in [0, 0.05) is 20.3 Å². The molecular weight excluding hydrogens is 202 g/mol. The molecule has 86 valence electrons. The Hall–Kier alpha value is -1.58. The molecule has 0 bridgehead atoms. The van der Waals surface area contributed by atoms with E-state index in [1.807, 2.05) is 12.3 Å². The number of rotatable bonds is 3. The molecule has 1 fully saturated rings. The zero-order chi connectivity index (χ0) is 11.5. The molecule has 1 saturated carbocycles. The van der Waals surface area contributed by atoms with E-state index in [9.17, 15) is 4.79 Å². The topological polar surface area (TPSA) is 54.0 Å². The van der Waals surface area contributed by atoms with E-state index in [1.165, 1.54) is 24.8 Å². The van der Waals surface area contributed by atoms with Gasteiger partial charge in [0.25, 0.3) is 5.91 Å². The second kappa shape index (κ2) is 4.51. The minimum Gasteiger partial charge on any atom is -0.372 e. The van der Waals surface area contributed by atoms with E-state index in [4.69, 9.17) is 0 Å². The van der Waals surface area contributed by atoms with Crippen LogP contribution in [0.4, 0.5) is 5.82 Å². The summed E-state index contributed by atoms with van der Waals surface area (Å²) in [5.41, 5.74) is 1.82. The van der Waals surface area contributed by atoms with Gasteiger partial charge in [0.05, 0.1) is 5.56 Å². The van der Waals surface area contributed by atoms with Crippen LogP contribution in [-0.4, -0.2) is 25.0 Å². The third kappa shape index (κ3) is 1.87. The van der Waals surface area contributed by atoms with Crippen LogP contribution in [0.5, 0.6) is 0 Å². The molecule has 1 amide bonds. The fourth-order valence-electron chi connectivity index (χ4n) is 1.95. The predicted octanol–water partition coefficient (Wildman–Crippen LogP) is 1.75. The molecule has 2 N–H and O–H groups in total. The van der Waals surface area contributed by atoms with Crippen LogP contribution in [0.1, 0.15) is 41.1 Å². The first kappa shape index (κ1) is 10.9. The number of hydrogen-bond acceptors (Lipinski definition) is 3. The van der Waals surface area contributed by atoms with Gasteiger partial charge in [-0.15, -0.1) is 0 Å². The first-order valence-corrected chi connectivity index (χ1v) is 5.66. The number of nitrogens with zero attached hydrogens (tertiary/aromatic N) is 1. The fraction of sp³-hybridized carbons (Fsp3) is 0.500. The second-order valence-corrected chi connectivity index (χ2v) is 4.12. The molecule has 0 saturated heterocycles. The molecule has 0 spiro atoms. The normalized spacial score (nSPS) is 15.4. The second-order valence-electron chi connectivity index (χ2n) is 4.12. The van der Waals surface area contributed by atoms with Crippen molar-refractivity contribution in [3.05, 3.63) is 23.4 Å². The van der Waals surface area contributed by atoms with Gasteiger partial charge < -0.3 is 10.6 Å². The summed E-state index contributed by atoms with van der Waals surface area (Å²) in [7, 11) is 3.41. The molecular formula is C12H17N3O. The fourth-order valence-corrected chi connectivity index (χ4v) is 1.95. The highest BCUT2D eigenvalue weighted by Crippen LogP contribution is 2.36. The van der Waals surface area contributed by atoms with Crippen LogP contribution >= 0.6 is 0 Å². The zero-order valence-corrected chi connectivity index (χ0v) is 9.71. The summed E-state index contributed by atoms with van der Waals surface area (Å²) in [6.45, 7) is 0. The highest BCUT2D eigenvalue weighted by Gasteiger charge is 2.22. The Labute approximate surface area is 95.5 Å². The van der Waals surface area contributed by atoms with Crippen LogP contribution in [0.25, 0.3) is 0 Å². The molecule has 1 aromatic rings. The maximum Gasteiger partial charge on any atom is 0.254 e. The third-order valence-electron chi connectivity index (χ3n) is 3.19. The van der Waals surface area contributed by atoms with Crippen molar-refractivity contribution in [3.63, 3.8) is 0 Å². The van der Waals surface area contributed by atoms with E-state index in [1.54, 1.807) is 14.1 Å². The number of nitrogens with one attached hydrogen (secondary N) is 2. The minimum atomic E-state index is -0.0852. The number of aromatic nitrogens is 1. The number of amides is 1. The SMILES string of the molecule is CNC(=O)c1cc(C2CCC2)cnc1NC. The standard InChI is InChI=1S/C12H17N3O/c1-13-11-10(12(16)14-2)6-9(7-15-11)8-4-3-5-8/h6-8H,3-5H2,1-2H3,(H,13,15)(H,14,16). The Kier molecular flexibility index (Phi) is 3.08. The van der Waals surface area contributed by atoms with E-state index in [2.05, 4.69) is 15.6 Å². The molecule has 2 rings (SSSR count). The lowest BCUT2D eigenvalue weighted by atomic mass is 9.80. The zero-order valence-electron chi connectivity index (χ0n) is 9.71. The van der Waals surface area contributed by atoms with Gasteiger partial charge in [-0.3, -0.25) is 4.79 Å². The number of carbonyl (C=O) groups excluding carboxylic acids is 1. The van der Waals surface area contributed by atoms with Gasteiger partial charge in [0.1, 0.15) is 5.82 Å². The van der Waals surface area contributed by atoms with Crippen molar-refractivity contribution in [2.75, 3.05) is 19.4 Å². The monoisotopic (exact) mass is 219 g/mol. The van der Waals surface area contributed by atoms with Crippen LogP contribution in [0.15, 0.2) is 12.3 Å². The predicted molar refractivity (Wildman–Crippen MR) is 63.8 cm³/mol. The Morgan fingerprint density at radius 2 is 2.19 bits per heavy atom.